The molecule has 0 atom stereocenters. The second kappa shape index (κ2) is 3.67. The Bertz CT molecular complexity index is 480. The van der Waals surface area contributed by atoms with E-state index in [9.17, 15) is 0 Å². The zero-order valence-corrected chi connectivity index (χ0v) is 10.2. The lowest BCUT2D eigenvalue weighted by Crippen LogP contribution is -2.02. The van der Waals surface area contributed by atoms with Gasteiger partial charge in [0.2, 0.25) is 0 Å². The summed E-state index contributed by atoms with van der Waals surface area (Å²) in [6, 6.07) is 9.51. The van der Waals surface area contributed by atoms with Gasteiger partial charge in [0.05, 0.1) is 0 Å². The van der Waals surface area contributed by atoms with Crippen molar-refractivity contribution in [2.75, 3.05) is 0 Å². The van der Waals surface area contributed by atoms with Crippen molar-refractivity contribution in [3.63, 3.8) is 0 Å². The van der Waals surface area contributed by atoms with Gasteiger partial charge >= 0.3 is 0 Å². The lowest BCUT2D eigenvalue weighted by atomic mass is 10.2. The predicted octanol–water partition coefficient (Wildman–Crippen LogP) is 4.52. The molecule has 0 saturated heterocycles. The largest absolute Gasteiger partial charge is 0.344 e. The highest BCUT2D eigenvalue weighted by Gasteiger charge is 2.17. The van der Waals surface area contributed by atoms with Gasteiger partial charge in [-0.3, -0.25) is 0 Å². The number of hydrogen-bond donors (Lipinski definition) is 0. The van der Waals surface area contributed by atoms with Crippen LogP contribution in [0.2, 0.25) is 0 Å². The molecule has 1 saturated carbocycles. The van der Waals surface area contributed by atoms with Gasteiger partial charge in [-0.05, 0) is 37.1 Å². The number of benzene rings is 1. The number of nitrogens with zero attached hydrogens (tertiary/aromatic N) is 1. The van der Waals surface area contributed by atoms with E-state index in [1.54, 1.807) is 0 Å². The van der Waals surface area contributed by atoms with Crippen molar-refractivity contribution in [1.29, 1.82) is 0 Å². The SMILES string of the molecule is Brc1ccc2c(ccn2C2CCCC2)c1. The fourth-order valence-electron chi connectivity index (χ4n) is 2.64. The number of hydrogen-bond acceptors (Lipinski definition) is 0. The normalized spacial score (nSPS) is 17.7. The Kier molecular flexibility index (Phi) is 2.32. The van der Waals surface area contributed by atoms with E-state index in [1.807, 2.05) is 0 Å². The average Bonchev–Trinajstić information content (AvgIpc) is 2.82. The molecule has 0 aliphatic heterocycles. The summed E-state index contributed by atoms with van der Waals surface area (Å²) in [4.78, 5) is 0. The van der Waals surface area contributed by atoms with Crippen LogP contribution in [0.3, 0.4) is 0 Å². The molecule has 1 heterocycles. The number of halogens is 1. The molecular weight excluding hydrogens is 250 g/mol. The van der Waals surface area contributed by atoms with Crippen molar-refractivity contribution in [1.82, 2.24) is 4.57 Å². The van der Waals surface area contributed by atoms with Crippen molar-refractivity contribution in [2.45, 2.75) is 31.7 Å². The first-order chi connectivity index (χ1) is 7.34. The fourth-order valence-corrected chi connectivity index (χ4v) is 3.01. The molecule has 1 aromatic heterocycles. The Morgan fingerprint density at radius 3 is 2.73 bits per heavy atom. The predicted molar refractivity (Wildman–Crippen MR) is 67.1 cm³/mol. The van der Waals surface area contributed by atoms with E-state index in [2.05, 4.69) is 51.0 Å². The van der Waals surface area contributed by atoms with Crippen molar-refractivity contribution in [2.24, 2.45) is 0 Å². The van der Waals surface area contributed by atoms with Crippen LogP contribution in [0.1, 0.15) is 31.7 Å². The zero-order chi connectivity index (χ0) is 10.3. The lowest BCUT2D eigenvalue weighted by Gasteiger charge is -2.13. The van der Waals surface area contributed by atoms with Crippen LogP contribution in [0.25, 0.3) is 10.9 Å². The van der Waals surface area contributed by atoms with Crippen LogP contribution >= 0.6 is 15.9 Å². The van der Waals surface area contributed by atoms with E-state index in [0.717, 1.165) is 6.04 Å². The van der Waals surface area contributed by atoms with Gasteiger partial charge in [0.25, 0.3) is 0 Å². The van der Waals surface area contributed by atoms with E-state index in [4.69, 9.17) is 0 Å². The Balaban J connectivity index is 2.11. The van der Waals surface area contributed by atoms with Crippen LogP contribution in [0.5, 0.6) is 0 Å². The molecule has 0 bridgehead atoms. The minimum atomic E-state index is 0.740. The van der Waals surface area contributed by atoms with Gasteiger partial charge in [0.1, 0.15) is 0 Å². The molecule has 3 rings (SSSR count). The van der Waals surface area contributed by atoms with Crippen molar-refractivity contribution in [3.05, 3.63) is 34.9 Å². The molecule has 0 spiro atoms. The first-order valence-corrected chi connectivity index (χ1v) is 6.40. The lowest BCUT2D eigenvalue weighted by molar-refractivity contribution is 0.536. The van der Waals surface area contributed by atoms with E-state index in [0.29, 0.717) is 0 Å². The minimum Gasteiger partial charge on any atom is -0.344 e. The first-order valence-electron chi connectivity index (χ1n) is 5.61. The van der Waals surface area contributed by atoms with Crippen molar-refractivity contribution < 1.29 is 0 Å². The van der Waals surface area contributed by atoms with E-state index in [1.165, 1.54) is 41.1 Å². The molecule has 1 aromatic carbocycles. The smallest absolute Gasteiger partial charge is 0.0483 e. The highest BCUT2D eigenvalue weighted by Crippen LogP contribution is 2.33. The number of aromatic nitrogens is 1. The Labute approximate surface area is 98.2 Å². The molecule has 0 unspecified atom stereocenters. The first kappa shape index (κ1) is 9.46. The van der Waals surface area contributed by atoms with Crippen LogP contribution in [0.15, 0.2) is 34.9 Å². The van der Waals surface area contributed by atoms with E-state index < -0.39 is 0 Å². The molecule has 15 heavy (non-hydrogen) atoms. The van der Waals surface area contributed by atoms with Crippen LogP contribution < -0.4 is 0 Å². The maximum absolute atomic E-state index is 3.52. The molecule has 1 aliphatic rings. The summed E-state index contributed by atoms with van der Waals surface area (Å²) >= 11 is 3.52. The Morgan fingerprint density at radius 2 is 1.93 bits per heavy atom. The fraction of sp³-hybridized carbons (Fsp3) is 0.385. The second-order valence-electron chi connectivity index (χ2n) is 4.36. The highest BCUT2D eigenvalue weighted by molar-refractivity contribution is 9.10. The van der Waals surface area contributed by atoms with Crippen molar-refractivity contribution in [3.8, 4) is 0 Å². The van der Waals surface area contributed by atoms with Gasteiger partial charge in [-0.25, -0.2) is 0 Å². The summed E-state index contributed by atoms with van der Waals surface area (Å²) < 4.78 is 3.62. The van der Waals surface area contributed by atoms with Gasteiger partial charge in [0, 0.05) is 27.6 Å². The van der Waals surface area contributed by atoms with E-state index >= 15 is 0 Å². The van der Waals surface area contributed by atoms with Gasteiger partial charge in [-0.2, -0.15) is 0 Å². The third kappa shape index (κ3) is 1.61. The van der Waals surface area contributed by atoms with Crippen LogP contribution in [-0.2, 0) is 0 Å². The minimum absolute atomic E-state index is 0.740. The van der Waals surface area contributed by atoms with Gasteiger partial charge in [-0.15, -0.1) is 0 Å². The van der Waals surface area contributed by atoms with Crippen LogP contribution in [-0.4, -0.2) is 4.57 Å². The topological polar surface area (TPSA) is 4.93 Å². The molecule has 78 valence electrons. The molecule has 0 amide bonds. The number of rotatable bonds is 1. The average molecular weight is 264 g/mol. The summed E-state index contributed by atoms with van der Waals surface area (Å²) in [5.74, 6) is 0. The summed E-state index contributed by atoms with van der Waals surface area (Å²) in [6.07, 6.45) is 7.72. The third-order valence-electron chi connectivity index (χ3n) is 3.40. The van der Waals surface area contributed by atoms with Gasteiger partial charge in [-0.1, -0.05) is 28.8 Å². The van der Waals surface area contributed by atoms with Gasteiger partial charge in [0.15, 0.2) is 0 Å². The Hall–Kier alpha value is -0.760. The molecule has 2 aromatic rings. The van der Waals surface area contributed by atoms with Crippen LogP contribution in [0, 0.1) is 0 Å². The summed E-state index contributed by atoms with van der Waals surface area (Å²) in [7, 11) is 0. The number of fused-ring (bicyclic) bond motifs is 1. The standard InChI is InChI=1S/C13H14BrN/c14-11-5-6-13-10(9-11)7-8-15(13)12-3-1-2-4-12/h5-9,12H,1-4H2. The summed E-state index contributed by atoms with van der Waals surface area (Å²) in [6.45, 7) is 0. The molecule has 1 fully saturated rings. The molecule has 1 nitrogen and oxygen atoms in total. The third-order valence-corrected chi connectivity index (χ3v) is 3.89. The maximum Gasteiger partial charge on any atom is 0.0483 e. The molecule has 1 aliphatic carbocycles. The second-order valence-corrected chi connectivity index (χ2v) is 5.28. The highest BCUT2D eigenvalue weighted by atomic mass is 79.9. The molecular formula is C13H14BrN. The maximum atomic E-state index is 3.52. The quantitative estimate of drug-likeness (QED) is 0.713. The zero-order valence-electron chi connectivity index (χ0n) is 8.62. The van der Waals surface area contributed by atoms with E-state index in [-0.39, 0.29) is 0 Å². The molecule has 2 heteroatoms. The van der Waals surface area contributed by atoms with Crippen LogP contribution in [0.4, 0.5) is 0 Å². The summed E-state index contributed by atoms with van der Waals surface area (Å²) in [5.41, 5.74) is 1.38. The molecule has 0 N–H and O–H groups in total. The summed E-state index contributed by atoms with van der Waals surface area (Å²) in [5, 5.41) is 1.34. The van der Waals surface area contributed by atoms with Gasteiger partial charge < -0.3 is 4.57 Å². The molecule has 0 radical (unpaired) electrons. The van der Waals surface area contributed by atoms with Crippen molar-refractivity contribution >= 4 is 26.8 Å². The monoisotopic (exact) mass is 263 g/mol. The Morgan fingerprint density at radius 1 is 1.13 bits per heavy atom.